The Morgan fingerprint density at radius 2 is 2.04 bits per heavy atom. The summed E-state index contributed by atoms with van der Waals surface area (Å²) in [5.74, 6) is 0.865. The smallest absolute Gasteiger partial charge is 0.335 e. The second-order valence-electron chi connectivity index (χ2n) is 9.47. The number of aliphatic hydroxyl groups excluding tert-OH is 2. The molecular formula is C22H32O5. The van der Waals surface area contributed by atoms with Crippen LogP contribution in [0.15, 0.2) is 11.6 Å². The fraction of sp³-hybridized carbons (Fsp3) is 0.818. The molecule has 5 nitrogen and oxygen atoms in total. The molecule has 150 valence electrons. The maximum Gasteiger partial charge on any atom is 0.335 e. The SMILES string of the molecule is C[C@@]12CCC[C@H]1[C@@H]1CCC3=CC(=O)CC[C@]3(C(O)C(=O)OCCO)[C@H]1CC2. The van der Waals surface area contributed by atoms with Gasteiger partial charge in [0.15, 0.2) is 11.9 Å². The van der Waals surface area contributed by atoms with Crippen LogP contribution in [0, 0.1) is 28.6 Å². The van der Waals surface area contributed by atoms with Gasteiger partial charge in [-0.15, -0.1) is 0 Å². The second kappa shape index (κ2) is 7.00. The van der Waals surface area contributed by atoms with Crippen LogP contribution in [0.25, 0.3) is 0 Å². The standard InChI is InChI=1S/C22H32O5/c1-21-8-2-3-17(21)16-5-4-14-13-15(24)6-10-22(14,18(16)7-9-21)19(25)20(26)27-12-11-23/h13,16-19,23,25H,2-12H2,1H3/t16-,17-,18-,19?,21-,22+/m0/s1. The second-order valence-corrected chi connectivity index (χ2v) is 9.47. The minimum atomic E-state index is -1.25. The Labute approximate surface area is 161 Å². The molecule has 0 saturated heterocycles. The third-order valence-electron chi connectivity index (χ3n) is 8.39. The van der Waals surface area contributed by atoms with Crippen molar-refractivity contribution in [2.45, 2.75) is 70.8 Å². The first kappa shape index (κ1) is 19.1. The number of rotatable bonds is 4. The van der Waals surface area contributed by atoms with Gasteiger partial charge in [-0.2, -0.15) is 0 Å². The molecule has 3 fully saturated rings. The Hall–Kier alpha value is -1.20. The summed E-state index contributed by atoms with van der Waals surface area (Å²) in [6.45, 7) is 2.08. The fourth-order valence-electron chi connectivity index (χ4n) is 7.22. The molecule has 3 saturated carbocycles. The largest absolute Gasteiger partial charge is 0.461 e. The molecule has 2 N–H and O–H groups in total. The molecule has 4 aliphatic rings. The van der Waals surface area contributed by atoms with Crippen LogP contribution in [-0.2, 0) is 14.3 Å². The molecule has 4 rings (SSSR count). The molecule has 0 aromatic rings. The van der Waals surface area contributed by atoms with Crippen molar-refractivity contribution in [3.8, 4) is 0 Å². The molecule has 4 aliphatic carbocycles. The predicted molar refractivity (Wildman–Crippen MR) is 99.7 cm³/mol. The van der Waals surface area contributed by atoms with E-state index in [1.165, 1.54) is 19.3 Å². The van der Waals surface area contributed by atoms with Crippen LogP contribution >= 0.6 is 0 Å². The van der Waals surface area contributed by atoms with Gasteiger partial charge in [-0.3, -0.25) is 4.79 Å². The van der Waals surface area contributed by atoms with Gasteiger partial charge in [-0.05, 0) is 74.2 Å². The summed E-state index contributed by atoms with van der Waals surface area (Å²) in [4.78, 5) is 24.7. The van der Waals surface area contributed by atoms with Crippen LogP contribution in [0.4, 0.5) is 0 Å². The average molecular weight is 376 g/mol. The predicted octanol–water partition coefficient (Wildman–Crippen LogP) is 2.78. The fourth-order valence-corrected chi connectivity index (χ4v) is 7.22. The first-order valence-electron chi connectivity index (χ1n) is 10.6. The number of carbonyl (C=O) groups is 2. The van der Waals surface area contributed by atoms with Crippen molar-refractivity contribution in [1.29, 1.82) is 0 Å². The van der Waals surface area contributed by atoms with Crippen molar-refractivity contribution in [2.75, 3.05) is 13.2 Å². The summed E-state index contributed by atoms with van der Waals surface area (Å²) in [6.07, 6.45) is 9.21. The van der Waals surface area contributed by atoms with Crippen LogP contribution in [0.2, 0.25) is 0 Å². The van der Waals surface area contributed by atoms with E-state index in [4.69, 9.17) is 9.84 Å². The normalized spacial score (nSPS) is 41.8. The zero-order valence-corrected chi connectivity index (χ0v) is 16.3. The molecule has 0 spiro atoms. The Kier molecular flexibility index (Phi) is 4.96. The number of esters is 1. The molecule has 0 aliphatic heterocycles. The van der Waals surface area contributed by atoms with Crippen LogP contribution in [0.3, 0.4) is 0 Å². The van der Waals surface area contributed by atoms with Gasteiger partial charge < -0.3 is 14.9 Å². The van der Waals surface area contributed by atoms with Crippen molar-refractivity contribution in [3.63, 3.8) is 0 Å². The van der Waals surface area contributed by atoms with Gasteiger partial charge in [0.05, 0.1) is 6.61 Å². The summed E-state index contributed by atoms with van der Waals surface area (Å²) in [5.41, 5.74) is 0.707. The molecule has 0 aromatic heterocycles. The molecule has 0 heterocycles. The maximum atomic E-state index is 12.6. The van der Waals surface area contributed by atoms with Gasteiger partial charge in [0.25, 0.3) is 0 Å². The number of carbonyl (C=O) groups excluding carboxylic acids is 2. The summed E-state index contributed by atoms with van der Waals surface area (Å²) >= 11 is 0. The van der Waals surface area contributed by atoms with Crippen LogP contribution in [0.5, 0.6) is 0 Å². The molecule has 1 unspecified atom stereocenters. The minimum Gasteiger partial charge on any atom is -0.461 e. The number of aliphatic hydroxyl groups is 2. The van der Waals surface area contributed by atoms with E-state index in [2.05, 4.69) is 6.92 Å². The summed E-state index contributed by atoms with van der Waals surface area (Å²) in [5, 5.41) is 20.2. The van der Waals surface area contributed by atoms with E-state index >= 15 is 0 Å². The van der Waals surface area contributed by atoms with Crippen LogP contribution < -0.4 is 0 Å². The lowest BCUT2D eigenvalue weighted by Gasteiger charge is -2.59. The van der Waals surface area contributed by atoms with E-state index in [1.807, 2.05) is 0 Å². The van der Waals surface area contributed by atoms with Gasteiger partial charge in [-0.1, -0.05) is 18.9 Å². The van der Waals surface area contributed by atoms with Crippen molar-refractivity contribution in [2.24, 2.45) is 28.6 Å². The quantitative estimate of drug-likeness (QED) is 0.737. The van der Waals surface area contributed by atoms with Crippen molar-refractivity contribution < 1.29 is 24.5 Å². The van der Waals surface area contributed by atoms with Gasteiger partial charge >= 0.3 is 5.97 Å². The van der Waals surface area contributed by atoms with Gasteiger partial charge in [-0.25, -0.2) is 4.79 Å². The highest BCUT2D eigenvalue weighted by Gasteiger charge is 2.61. The number of hydrogen-bond donors (Lipinski definition) is 2. The first-order chi connectivity index (χ1) is 12.9. The molecule has 5 heteroatoms. The van der Waals surface area contributed by atoms with E-state index in [9.17, 15) is 14.7 Å². The molecular weight excluding hydrogens is 344 g/mol. The van der Waals surface area contributed by atoms with Crippen molar-refractivity contribution in [1.82, 2.24) is 0 Å². The van der Waals surface area contributed by atoms with Crippen LogP contribution in [-0.4, -0.2) is 41.3 Å². The van der Waals surface area contributed by atoms with E-state index in [-0.39, 0.29) is 24.9 Å². The number of hydrogen-bond acceptors (Lipinski definition) is 5. The monoisotopic (exact) mass is 376 g/mol. The molecule has 0 bridgehead atoms. The van der Waals surface area contributed by atoms with Crippen LogP contribution in [0.1, 0.15) is 64.7 Å². The summed E-state index contributed by atoms with van der Waals surface area (Å²) < 4.78 is 5.11. The van der Waals surface area contributed by atoms with Crippen molar-refractivity contribution in [3.05, 3.63) is 11.6 Å². The molecule has 0 aromatic carbocycles. The molecule has 6 atom stereocenters. The van der Waals surface area contributed by atoms with E-state index in [1.54, 1.807) is 6.08 Å². The number of ketones is 1. The van der Waals surface area contributed by atoms with Gasteiger partial charge in [0, 0.05) is 11.8 Å². The summed E-state index contributed by atoms with van der Waals surface area (Å²) in [6, 6.07) is 0. The highest BCUT2D eigenvalue weighted by Crippen LogP contribution is 2.66. The maximum absolute atomic E-state index is 12.6. The third-order valence-corrected chi connectivity index (χ3v) is 8.39. The molecule has 0 amide bonds. The summed E-state index contributed by atoms with van der Waals surface area (Å²) in [7, 11) is 0. The van der Waals surface area contributed by atoms with E-state index in [0.717, 1.165) is 31.3 Å². The Bertz CT molecular complexity index is 655. The first-order valence-corrected chi connectivity index (χ1v) is 10.6. The topological polar surface area (TPSA) is 83.8 Å². The van der Waals surface area contributed by atoms with Gasteiger partial charge in [0.1, 0.15) is 6.61 Å². The zero-order valence-electron chi connectivity index (χ0n) is 16.3. The lowest BCUT2D eigenvalue weighted by atomic mass is 9.45. The number of fused-ring (bicyclic) bond motifs is 5. The van der Waals surface area contributed by atoms with Crippen molar-refractivity contribution >= 4 is 11.8 Å². The van der Waals surface area contributed by atoms with Gasteiger partial charge in [0.2, 0.25) is 0 Å². The Morgan fingerprint density at radius 3 is 2.81 bits per heavy atom. The van der Waals surface area contributed by atoms with E-state index < -0.39 is 17.5 Å². The Balaban J connectivity index is 1.71. The highest BCUT2D eigenvalue weighted by molar-refractivity contribution is 5.92. The number of ether oxygens (including phenoxy) is 1. The minimum absolute atomic E-state index is 0.0985. The Morgan fingerprint density at radius 1 is 1.22 bits per heavy atom. The van der Waals surface area contributed by atoms with E-state index in [0.29, 0.717) is 30.1 Å². The lowest BCUT2D eigenvalue weighted by Crippen LogP contribution is -2.57. The molecule has 0 radical (unpaired) electrons. The molecule has 27 heavy (non-hydrogen) atoms. The third kappa shape index (κ3) is 2.89. The lowest BCUT2D eigenvalue weighted by molar-refractivity contribution is -0.171. The average Bonchev–Trinajstić information content (AvgIpc) is 3.06. The highest BCUT2D eigenvalue weighted by atomic mass is 16.6. The zero-order chi connectivity index (χ0) is 19.2.